The zero-order valence-corrected chi connectivity index (χ0v) is 15.9. The molecule has 0 aromatic heterocycles. The van der Waals surface area contributed by atoms with Crippen LogP contribution in [0, 0.1) is 0 Å². The van der Waals surface area contributed by atoms with Gasteiger partial charge in [0.2, 0.25) is 0 Å². The fourth-order valence-corrected chi connectivity index (χ4v) is 2.04. The number of ether oxygens (including phenoxy) is 4. The van der Waals surface area contributed by atoms with E-state index in [0.29, 0.717) is 26.3 Å². The van der Waals surface area contributed by atoms with Crippen LogP contribution in [0.3, 0.4) is 0 Å². The van der Waals surface area contributed by atoms with Crippen molar-refractivity contribution < 1.29 is 38.1 Å². The lowest BCUT2D eigenvalue weighted by Crippen LogP contribution is -2.55. The fraction of sp³-hybridized carbons (Fsp3) is 0.529. The van der Waals surface area contributed by atoms with Gasteiger partial charge in [0.15, 0.2) is 0 Å². The van der Waals surface area contributed by atoms with Crippen molar-refractivity contribution in [3.8, 4) is 0 Å². The summed E-state index contributed by atoms with van der Waals surface area (Å²) >= 11 is 0. The van der Waals surface area contributed by atoms with Gasteiger partial charge < -0.3 is 18.9 Å². The maximum Gasteiger partial charge on any atom is 0.331 e. The van der Waals surface area contributed by atoms with Crippen LogP contribution in [0.2, 0.25) is 0 Å². The van der Waals surface area contributed by atoms with Crippen LogP contribution in [0.5, 0.6) is 0 Å². The number of esters is 4. The Hall–Kier alpha value is -2.76. The Labute approximate surface area is 162 Å². The van der Waals surface area contributed by atoms with Crippen LogP contribution in [0.1, 0.15) is 0 Å². The zero-order valence-electron chi connectivity index (χ0n) is 15.9. The average molecular weight is 399 g/mol. The molecular weight excluding hydrogens is 374 g/mol. The monoisotopic (exact) mass is 399 g/mol. The van der Waals surface area contributed by atoms with E-state index in [1.165, 1.54) is 14.2 Å². The van der Waals surface area contributed by atoms with Crippen molar-refractivity contribution in [1.29, 1.82) is 0 Å². The molecule has 0 unspecified atom stereocenters. The van der Waals surface area contributed by atoms with E-state index >= 15 is 0 Å². The van der Waals surface area contributed by atoms with Crippen LogP contribution in [0.15, 0.2) is 24.3 Å². The van der Waals surface area contributed by atoms with Crippen molar-refractivity contribution in [3.05, 3.63) is 24.3 Å². The Morgan fingerprint density at radius 3 is 1.75 bits per heavy atom. The number of hydrogen-bond donors (Lipinski definition) is 1. The van der Waals surface area contributed by atoms with E-state index in [9.17, 15) is 19.2 Å². The van der Waals surface area contributed by atoms with E-state index < -0.39 is 23.9 Å². The molecule has 0 aromatic rings. The van der Waals surface area contributed by atoms with Crippen molar-refractivity contribution in [3.63, 3.8) is 0 Å². The third-order valence-electron chi connectivity index (χ3n) is 3.57. The molecule has 11 nitrogen and oxygen atoms in total. The Morgan fingerprint density at radius 1 is 0.786 bits per heavy atom. The molecule has 0 atom stereocenters. The summed E-state index contributed by atoms with van der Waals surface area (Å²) in [6, 6.07) is 0. The molecule has 0 bridgehead atoms. The second-order valence-electron chi connectivity index (χ2n) is 5.47. The number of hydrazine groups is 1. The Bertz CT molecular complexity index is 545. The van der Waals surface area contributed by atoms with Gasteiger partial charge in [0.25, 0.3) is 0 Å². The van der Waals surface area contributed by atoms with E-state index in [0.717, 1.165) is 30.8 Å². The largest absolute Gasteiger partial charge is 0.466 e. The molecule has 0 amide bonds. The van der Waals surface area contributed by atoms with Crippen LogP contribution in [0.4, 0.5) is 0 Å². The lowest BCUT2D eigenvalue weighted by Gasteiger charge is -2.35. The molecule has 1 heterocycles. The van der Waals surface area contributed by atoms with Gasteiger partial charge in [0.1, 0.15) is 13.2 Å². The van der Waals surface area contributed by atoms with Crippen molar-refractivity contribution in [2.75, 3.05) is 60.3 Å². The first-order valence-corrected chi connectivity index (χ1v) is 8.51. The molecule has 1 aliphatic heterocycles. The summed E-state index contributed by atoms with van der Waals surface area (Å²) in [5, 5.41) is 1.90. The normalized spacial score (nSPS) is 15.5. The highest BCUT2D eigenvalue weighted by atomic mass is 16.5. The third-order valence-corrected chi connectivity index (χ3v) is 3.57. The second kappa shape index (κ2) is 13.4. The summed E-state index contributed by atoms with van der Waals surface area (Å²) in [5.74, 6) is -2.48. The van der Waals surface area contributed by atoms with Gasteiger partial charge >= 0.3 is 23.9 Å². The molecule has 1 fully saturated rings. The quantitative estimate of drug-likeness (QED) is 0.265. The predicted octanol–water partition coefficient (Wildman–Crippen LogP) is -1.39. The summed E-state index contributed by atoms with van der Waals surface area (Å²) in [6.45, 7) is 3.35. The highest BCUT2D eigenvalue weighted by Crippen LogP contribution is 1.97. The number of nitrogens with one attached hydrogen (secondary N) is 1. The van der Waals surface area contributed by atoms with E-state index in [1.54, 1.807) is 0 Å². The molecule has 0 aromatic carbocycles. The average Bonchev–Trinajstić information content (AvgIpc) is 2.71. The van der Waals surface area contributed by atoms with Crippen LogP contribution in [-0.2, 0) is 38.1 Å². The molecule has 0 saturated carbocycles. The first-order valence-electron chi connectivity index (χ1n) is 8.51. The molecule has 1 N–H and O–H groups in total. The molecule has 11 heteroatoms. The molecule has 156 valence electrons. The maximum atomic E-state index is 11.4. The standard InChI is InChI=1S/C17H25N3O8/c1-25-14(21)3-5-16(23)27-11-9-19-7-8-20(18-13-19)10-12-28-17(24)6-4-15(22)26-2/h3-6,18H,7-13H2,1-2H3/b5-3+,6-4+. The second-order valence-corrected chi connectivity index (χ2v) is 5.47. The highest BCUT2D eigenvalue weighted by Gasteiger charge is 2.16. The minimum atomic E-state index is -0.625. The number of carbonyl (C=O) groups excluding carboxylic acids is 4. The summed E-state index contributed by atoms with van der Waals surface area (Å²) < 4.78 is 18.7. The van der Waals surface area contributed by atoms with Crippen LogP contribution >= 0.6 is 0 Å². The van der Waals surface area contributed by atoms with Crippen LogP contribution in [0.25, 0.3) is 0 Å². The maximum absolute atomic E-state index is 11.4. The third kappa shape index (κ3) is 10.4. The van der Waals surface area contributed by atoms with E-state index in [-0.39, 0.29) is 13.2 Å². The number of hydrogen-bond acceptors (Lipinski definition) is 11. The molecule has 1 aliphatic rings. The molecule has 0 aliphatic carbocycles. The van der Waals surface area contributed by atoms with Gasteiger partial charge in [-0.1, -0.05) is 0 Å². The number of carbonyl (C=O) groups is 4. The Balaban J connectivity index is 2.12. The van der Waals surface area contributed by atoms with Crippen LogP contribution in [-0.4, -0.2) is 94.1 Å². The van der Waals surface area contributed by atoms with E-state index in [1.807, 2.05) is 9.91 Å². The smallest absolute Gasteiger partial charge is 0.331 e. The summed E-state index contributed by atoms with van der Waals surface area (Å²) in [7, 11) is 2.44. The summed E-state index contributed by atoms with van der Waals surface area (Å²) in [4.78, 5) is 46.6. The fourth-order valence-electron chi connectivity index (χ4n) is 2.04. The Morgan fingerprint density at radius 2 is 1.29 bits per heavy atom. The minimum Gasteiger partial charge on any atom is -0.466 e. The van der Waals surface area contributed by atoms with Crippen molar-refractivity contribution in [2.45, 2.75) is 0 Å². The molecule has 1 saturated heterocycles. The number of rotatable bonds is 10. The van der Waals surface area contributed by atoms with Gasteiger partial charge in [-0.25, -0.2) is 29.6 Å². The first kappa shape index (κ1) is 23.3. The molecular formula is C17H25N3O8. The van der Waals surface area contributed by atoms with Gasteiger partial charge in [-0.05, 0) is 0 Å². The van der Waals surface area contributed by atoms with E-state index in [2.05, 4.69) is 14.9 Å². The predicted molar refractivity (Wildman–Crippen MR) is 95.4 cm³/mol. The Kier molecular flexibility index (Phi) is 11.2. The van der Waals surface area contributed by atoms with Gasteiger partial charge in [0.05, 0.1) is 20.9 Å². The van der Waals surface area contributed by atoms with Gasteiger partial charge in [-0.2, -0.15) is 0 Å². The minimum absolute atomic E-state index is 0.168. The first-order chi connectivity index (χ1) is 13.4. The zero-order chi connectivity index (χ0) is 20.8. The number of nitrogens with zero attached hydrogens (tertiary/aromatic N) is 2. The lowest BCUT2D eigenvalue weighted by molar-refractivity contribution is -0.140. The lowest BCUT2D eigenvalue weighted by atomic mass is 10.4. The molecule has 0 radical (unpaired) electrons. The summed E-state index contributed by atoms with van der Waals surface area (Å²) in [5.41, 5.74) is 3.15. The van der Waals surface area contributed by atoms with Gasteiger partial charge in [-0.15, -0.1) is 0 Å². The highest BCUT2D eigenvalue weighted by molar-refractivity contribution is 5.92. The summed E-state index contributed by atoms with van der Waals surface area (Å²) in [6.07, 6.45) is 4.03. The van der Waals surface area contributed by atoms with Gasteiger partial charge in [-0.3, -0.25) is 4.90 Å². The topological polar surface area (TPSA) is 124 Å². The molecule has 1 rings (SSSR count). The van der Waals surface area contributed by atoms with Crippen LogP contribution < -0.4 is 5.43 Å². The van der Waals surface area contributed by atoms with Crippen molar-refractivity contribution in [2.24, 2.45) is 0 Å². The SMILES string of the molecule is COC(=O)/C=C/C(=O)OCCN1CCN(CCOC(=O)/C=C/C(=O)OC)NC1. The van der Waals surface area contributed by atoms with E-state index in [4.69, 9.17) is 9.47 Å². The number of methoxy groups -OCH3 is 2. The molecule has 28 heavy (non-hydrogen) atoms. The molecule has 0 spiro atoms. The van der Waals surface area contributed by atoms with Crippen molar-refractivity contribution in [1.82, 2.24) is 15.3 Å². The van der Waals surface area contributed by atoms with Crippen molar-refractivity contribution >= 4 is 23.9 Å². The van der Waals surface area contributed by atoms with Gasteiger partial charge in [0, 0.05) is 50.5 Å².